The SMILES string of the molecule is CC1CCCC(N)(CN(C)Cc2ccc(Cl)cc2)C1. The largest absolute Gasteiger partial charge is 0.324 e. The zero-order chi connectivity index (χ0) is 13.9. The van der Waals surface area contributed by atoms with E-state index >= 15 is 0 Å². The summed E-state index contributed by atoms with van der Waals surface area (Å²) in [6.45, 7) is 4.23. The predicted molar refractivity (Wildman–Crippen MR) is 82.3 cm³/mol. The second kappa shape index (κ2) is 6.25. The van der Waals surface area contributed by atoms with Crippen LogP contribution in [0.3, 0.4) is 0 Å². The summed E-state index contributed by atoms with van der Waals surface area (Å²) in [6, 6.07) is 8.08. The first-order valence-electron chi connectivity index (χ1n) is 7.19. The number of halogens is 1. The zero-order valence-corrected chi connectivity index (χ0v) is 12.8. The van der Waals surface area contributed by atoms with E-state index in [4.69, 9.17) is 17.3 Å². The van der Waals surface area contributed by atoms with Gasteiger partial charge in [0.2, 0.25) is 0 Å². The summed E-state index contributed by atoms with van der Waals surface area (Å²) in [4.78, 5) is 2.33. The monoisotopic (exact) mass is 280 g/mol. The van der Waals surface area contributed by atoms with Crippen LogP contribution in [-0.2, 0) is 6.54 Å². The van der Waals surface area contributed by atoms with E-state index in [9.17, 15) is 0 Å². The molecule has 1 aromatic rings. The molecule has 19 heavy (non-hydrogen) atoms. The zero-order valence-electron chi connectivity index (χ0n) is 12.0. The summed E-state index contributed by atoms with van der Waals surface area (Å²) >= 11 is 5.91. The van der Waals surface area contributed by atoms with Crippen LogP contribution in [0.15, 0.2) is 24.3 Å². The van der Waals surface area contributed by atoms with Crippen LogP contribution in [0.4, 0.5) is 0 Å². The van der Waals surface area contributed by atoms with E-state index in [1.165, 1.54) is 18.4 Å². The molecule has 1 aliphatic carbocycles. The van der Waals surface area contributed by atoms with Crippen LogP contribution in [0.25, 0.3) is 0 Å². The molecule has 1 fully saturated rings. The fourth-order valence-corrected chi connectivity index (χ4v) is 3.47. The molecule has 3 heteroatoms. The highest BCUT2D eigenvalue weighted by atomic mass is 35.5. The number of hydrogen-bond acceptors (Lipinski definition) is 2. The van der Waals surface area contributed by atoms with E-state index in [1.807, 2.05) is 12.1 Å². The number of hydrogen-bond donors (Lipinski definition) is 1. The minimum absolute atomic E-state index is 0.00115. The quantitative estimate of drug-likeness (QED) is 0.912. The van der Waals surface area contributed by atoms with Crippen molar-refractivity contribution in [2.24, 2.45) is 11.7 Å². The van der Waals surface area contributed by atoms with Gasteiger partial charge in [0.1, 0.15) is 0 Å². The van der Waals surface area contributed by atoms with Crippen LogP contribution in [0.5, 0.6) is 0 Å². The van der Waals surface area contributed by atoms with Gasteiger partial charge in [-0.1, -0.05) is 43.5 Å². The van der Waals surface area contributed by atoms with Gasteiger partial charge in [-0.3, -0.25) is 0 Å². The summed E-state index contributed by atoms with van der Waals surface area (Å²) < 4.78 is 0. The van der Waals surface area contributed by atoms with Crippen molar-refractivity contribution in [1.29, 1.82) is 0 Å². The van der Waals surface area contributed by atoms with Crippen molar-refractivity contribution in [2.75, 3.05) is 13.6 Å². The van der Waals surface area contributed by atoms with Gasteiger partial charge in [-0.15, -0.1) is 0 Å². The molecule has 1 aliphatic rings. The molecule has 0 radical (unpaired) electrons. The van der Waals surface area contributed by atoms with E-state index in [1.54, 1.807) is 0 Å². The second-order valence-electron chi connectivity index (χ2n) is 6.36. The molecule has 2 nitrogen and oxygen atoms in total. The highest BCUT2D eigenvalue weighted by molar-refractivity contribution is 6.30. The maximum absolute atomic E-state index is 6.57. The number of rotatable bonds is 4. The van der Waals surface area contributed by atoms with Gasteiger partial charge < -0.3 is 10.6 Å². The molecule has 0 heterocycles. The topological polar surface area (TPSA) is 29.3 Å². The molecular formula is C16H25ClN2. The Morgan fingerprint density at radius 1 is 1.37 bits per heavy atom. The molecule has 0 bridgehead atoms. The van der Waals surface area contributed by atoms with Crippen LogP contribution >= 0.6 is 11.6 Å². The van der Waals surface area contributed by atoms with Gasteiger partial charge in [0.25, 0.3) is 0 Å². The molecule has 0 aromatic heterocycles. The van der Waals surface area contributed by atoms with E-state index in [2.05, 4.69) is 31.0 Å². The number of likely N-dealkylation sites (N-methyl/N-ethyl adjacent to an activating group) is 1. The Labute approximate surface area is 121 Å². The molecule has 1 saturated carbocycles. The van der Waals surface area contributed by atoms with Crippen LogP contribution < -0.4 is 5.73 Å². The second-order valence-corrected chi connectivity index (χ2v) is 6.80. The average Bonchev–Trinajstić information content (AvgIpc) is 2.31. The molecule has 2 atom stereocenters. The first-order chi connectivity index (χ1) is 8.97. The first kappa shape index (κ1) is 14.8. The summed E-state index contributed by atoms with van der Waals surface area (Å²) in [6.07, 6.45) is 4.91. The van der Waals surface area contributed by atoms with Crippen LogP contribution in [-0.4, -0.2) is 24.0 Å². The normalized spacial score (nSPS) is 27.7. The molecule has 0 amide bonds. The molecular weight excluding hydrogens is 256 g/mol. The van der Waals surface area contributed by atoms with Gasteiger partial charge in [-0.25, -0.2) is 0 Å². The van der Waals surface area contributed by atoms with Crippen LogP contribution in [0, 0.1) is 5.92 Å². The lowest BCUT2D eigenvalue weighted by molar-refractivity contribution is 0.165. The van der Waals surface area contributed by atoms with Crippen LogP contribution in [0.1, 0.15) is 38.2 Å². The molecule has 2 unspecified atom stereocenters. The predicted octanol–water partition coefficient (Wildman–Crippen LogP) is 3.68. The van der Waals surface area contributed by atoms with Crippen molar-refractivity contribution in [2.45, 2.75) is 44.7 Å². The Hall–Kier alpha value is -0.570. The summed E-state index contributed by atoms with van der Waals surface area (Å²) in [5.41, 5.74) is 7.86. The summed E-state index contributed by atoms with van der Waals surface area (Å²) in [7, 11) is 2.16. The molecule has 0 saturated heterocycles. The smallest absolute Gasteiger partial charge is 0.0406 e. The maximum Gasteiger partial charge on any atom is 0.0406 e. The highest BCUT2D eigenvalue weighted by Crippen LogP contribution is 2.31. The first-order valence-corrected chi connectivity index (χ1v) is 7.56. The van der Waals surface area contributed by atoms with Crippen LogP contribution in [0.2, 0.25) is 5.02 Å². The van der Waals surface area contributed by atoms with Gasteiger partial charge in [-0.05, 0) is 43.5 Å². The van der Waals surface area contributed by atoms with Crippen molar-refractivity contribution >= 4 is 11.6 Å². The Balaban J connectivity index is 1.89. The molecule has 2 rings (SSSR count). The Bertz CT molecular complexity index is 404. The van der Waals surface area contributed by atoms with E-state index in [-0.39, 0.29) is 5.54 Å². The Morgan fingerprint density at radius 2 is 2.05 bits per heavy atom. The summed E-state index contributed by atoms with van der Waals surface area (Å²) in [5.74, 6) is 0.766. The molecule has 0 aliphatic heterocycles. The standard InChI is InChI=1S/C16H25ClN2/c1-13-4-3-9-16(18,10-13)12-19(2)11-14-5-7-15(17)8-6-14/h5-8,13H,3-4,9-12,18H2,1-2H3. The maximum atomic E-state index is 6.57. The van der Waals surface area contributed by atoms with E-state index in [0.29, 0.717) is 0 Å². The third kappa shape index (κ3) is 4.48. The third-order valence-corrected chi connectivity index (χ3v) is 4.33. The highest BCUT2D eigenvalue weighted by Gasteiger charge is 2.31. The Morgan fingerprint density at radius 3 is 2.68 bits per heavy atom. The van der Waals surface area contributed by atoms with Crippen molar-refractivity contribution in [3.63, 3.8) is 0 Å². The number of benzene rings is 1. The van der Waals surface area contributed by atoms with Crippen molar-refractivity contribution < 1.29 is 0 Å². The molecule has 106 valence electrons. The molecule has 2 N–H and O–H groups in total. The van der Waals surface area contributed by atoms with Gasteiger partial charge in [0.15, 0.2) is 0 Å². The van der Waals surface area contributed by atoms with Crippen molar-refractivity contribution in [3.8, 4) is 0 Å². The van der Waals surface area contributed by atoms with Gasteiger partial charge in [0.05, 0.1) is 0 Å². The minimum atomic E-state index is -0.00115. The molecule has 0 spiro atoms. The van der Waals surface area contributed by atoms with Crippen molar-refractivity contribution in [1.82, 2.24) is 4.90 Å². The van der Waals surface area contributed by atoms with Gasteiger partial charge >= 0.3 is 0 Å². The minimum Gasteiger partial charge on any atom is -0.324 e. The lowest BCUT2D eigenvalue weighted by Gasteiger charge is -2.39. The van der Waals surface area contributed by atoms with E-state index in [0.717, 1.165) is 36.9 Å². The lowest BCUT2D eigenvalue weighted by atomic mass is 9.77. The molecule has 1 aromatic carbocycles. The fourth-order valence-electron chi connectivity index (χ4n) is 3.34. The van der Waals surface area contributed by atoms with E-state index < -0.39 is 0 Å². The third-order valence-electron chi connectivity index (χ3n) is 4.08. The Kier molecular flexibility index (Phi) is 4.88. The van der Waals surface area contributed by atoms with Gasteiger partial charge in [0, 0.05) is 23.7 Å². The average molecular weight is 281 g/mol. The summed E-state index contributed by atoms with van der Waals surface area (Å²) in [5, 5.41) is 0.794. The number of nitrogens with zero attached hydrogens (tertiary/aromatic N) is 1. The number of nitrogens with two attached hydrogens (primary N) is 1. The fraction of sp³-hybridized carbons (Fsp3) is 0.625. The van der Waals surface area contributed by atoms with Crippen molar-refractivity contribution in [3.05, 3.63) is 34.9 Å². The lowest BCUT2D eigenvalue weighted by Crippen LogP contribution is -2.51. The van der Waals surface area contributed by atoms with Gasteiger partial charge in [-0.2, -0.15) is 0 Å².